The predicted octanol–water partition coefficient (Wildman–Crippen LogP) is 2.12. The van der Waals surface area contributed by atoms with Crippen molar-refractivity contribution in [2.24, 2.45) is 0 Å². The third kappa shape index (κ3) is 6.61. The standard InChI is InChI=1S/C16H20F3N3O3/c1-10(22(2)9-14(23)20-11-3-4-11)15(24)21-12-5-7-13(8-6-12)25-16(17,18)19/h5-8,10-11H,3-4,9H2,1-2H3,(H,20,23)(H,21,24)/t10-/m1/s1. The largest absolute Gasteiger partial charge is 0.573 e. The molecule has 0 radical (unpaired) electrons. The molecule has 9 heteroatoms. The second-order valence-electron chi connectivity index (χ2n) is 5.99. The second-order valence-corrected chi connectivity index (χ2v) is 5.99. The van der Waals surface area contributed by atoms with Crippen LogP contribution in [0.1, 0.15) is 19.8 Å². The average Bonchev–Trinajstić information content (AvgIpc) is 3.30. The van der Waals surface area contributed by atoms with Gasteiger partial charge in [-0.1, -0.05) is 0 Å². The van der Waals surface area contributed by atoms with Gasteiger partial charge in [0.05, 0.1) is 12.6 Å². The third-order valence-electron chi connectivity index (χ3n) is 3.73. The van der Waals surface area contributed by atoms with Gasteiger partial charge in [-0.15, -0.1) is 13.2 Å². The molecule has 1 aliphatic rings. The third-order valence-corrected chi connectivity index (χ3v) is 3.73. The number of hydrogen-bond acceptors (Lipinski definition) is 4. The minimum atomic E-state index is -4.76. The van der Waals surface area contributed by atoms with Gasteiger partial charge in [0.25, 0.3) is 0 Å². The number of nitrogens with one attached hydrogen (secondary N) is 2. The minimum absolute atomic E-state index is 0.0868. The molecule has 1 saturated carbocycles. The summed E-state index contributed by atoms with van der Waals surface area (Å²) in [5.41, 5.74) is 0.335. The van der Waals surface area contributed by atoms with Crippen LogP contribution in [-0.4, -0.2) is 48.8 Å². The highest BCUT2D eigenvalue weighted by Crippen LogP contribution is 2.24. The SMILES string of the molecule is C[C@H](C(=O)Nc1ccc(OC(F)(F)F)cc1)N(C)CC(=O)NC1CC1. The van der Waals surface area contributed by atoms with Gasteiger partial charge in [0.2, 0.25) is 11.8 Å². The van der Waals surface area contributed by atoms with Crippen LogP contribution in [-0.2, 0) is 9.59 Å². The molecule has 2 amide bonds. The molecule has 2 rings (SSSR count). The average molecular weight is 359 g/mol. The van der Waals surface area contributed by atoms with Crippen molar-refractivity contribution in [2.75, 3.05) is 18.9 Å². The van der Waals surface area contributed by atoms with Gasteiger partial charge < -0.3 is 15.4 Å². The van der Waals surface area contributed by atoms with Crippen LogP contribution in [0.5, 0.6) is 5.75 Å². The molecule has 0 unspecified atom stereocenters. The van der Waals surface area contributed by atoms with E-state index in [-0.39, 0.29) is 30.2 Å². The van der Waals surface area contributed by atoms with Gasteiger partial charge in [-0.05, 0) is 51.1 Å². The van der Waals surface area contributed by atoms with E-state index in [4.69, 9.17) is 0 Å². The number of nitrogens with zero attached hydrogens (tertiary/aromatic N) is 1. The van der Waals surface area contributed by atoms with Crippen LogP contribution in [0.4, 0.5) is 18.9 Å². The summed E-state index contributed by atoms with van der Waals surface area (Å²) in [4.78, 5) is 25.5. The van der Waals surface area contributed by atoms with Gasteiger partial charge in [-0.2, -0.15) is 0 Å². The van der Waals surface area contributed by atoms with E-state index in [9.17, 15) is 22.8 Å². The van der Waals surface area contributed by atoms with E-state index in [2.05, 4.69) is 15.4 Å². The maximum Gasteiger partial charge on any atom is 0.573 e. The number of rotatable bonds is 7. The maximum absolute atomic E-state index is 12.2. The first-order valence-corrected chi connectivity index (χ1v) is 7.80. The number of benzene rings is 1. The van der Waals surface area contributed by atoms with Crippen LogP contribution in [0.25, 0.3) is 0 Å². The molecule has 6 nitrogen and oxygen atoms in total. The number of alkyl halides is 3. The Bertz CT molecular complexity index is 615. The molecule has 1 aromatic carbocycles. The highest BCUT2D eigenvalue weighted by molar-refractivity contribution is 5.95. The Kier molecular flexibility index (Phi) is 5.89. The normalized spacial score (nSPS) is 15.6. The molecule has 0 bridgehead atoms. The first kappa shape index (κ1) is 19.0. The zero-order valence-corrected chi connectivity index (χ0v) is 13.9. The zero-order valence-electron chi connectivity index (χ0n) is 13.9. The van der Waals surface area contributed by atoms with Crippen molar-refractivity contribution < 1.29 is 27.5 Å². The van der Waals surface area contributed by atoms with Crippen LogP contribution in [0.15, 0.2) is 24.3 Å². The molecular formula is C16H20F3N3O3. The Hall–Kier alpha value is -2.29. The van der Waals surface area contributed by atoms with Crippen molar-refractivity contribution in [3.63, 3.8) is 0 Å². The van der Waals surface area contributed by atoms with E-state index in [1.54, 1.807) is 18.9 Å². The fourth-order valence-electron chi connectivity index (χ4n) is 2.05. The molecule has 1 aliphatic carbocycles. The fourth-order valence-corrected chi connectivity index (χ4v) is 2.05. The summed E-state index contributed by atoms with van der Waals surface area (Å²) >= 11 is 0. The molecule has 0 aromatic heterocycles. The van der Waals surface area contributed by atoms with Gasteiger partial charge in [0.15, 0.2) is 0 Å². The van der Waals surface area contributed by atoms with Crippen LogP contribution >= 0.6 is 0 Å². The van der Waals surface area contributed by atoms with Crippen molar-refractivity contribution in [3.8, 4) is 5.75 Å². The number of carbonyl (C=O) groups excluding carboxylic acids is 2. The Morgan fingerprint density at radius 1 is 1.28 bits per heavy atom. The summed E-state index contributed by atoms with van der Waals surface area (Å²) in [6, 6.07) is 4.51. The van der Waals surface area contributed by atoms with Crippen molar-refractivity contribution in [3.05, 3.63) is 24.3 Å². The first-order valence-electron chi connectivity index (χ1n) is 7.80. The lowest BCUT2D eigenvalue weighted by atomic mass is 10.2. The van der Waals surface area contributed by atoms with Gasteiger partial charge in [0.1, 0.15) is 5.75 Å². The maximum atomic E-state index is 12.2. The second kappa shape index (κ2) is 7.73. The van der Waals surface area contributed by atoms with Crippen LogP contribution < -0.4 is 15.4 Å². The highest BCUT2D eigenvalue weighted by Gasteiger charge is 2.31. The zero-order chi connectivity index (χ0) is 18.6. The fraction of sp³-hybridized carbons (Fsp3) is 0.500. The molecule has 1 fully saturated rings. The summed E-state index contributed by atoms with van der Waals surface area (Å²) in [7, 11) is 1.65. The van der Waals surface area contributed by atoms with Crippen molar-refractivity contribution in [2.45, 2.75) is 38.2 Å². The summed E-state index contributed by atoms with van der Waals surface area (Å²) in [6.45, 7) is 1.73. The highest BCUT2D eigenvalue weighted by atomic mass is 19.4. The molecule has 25 heavy (non-hydrogen) atoms. The molecule has 0 saturated heterocycles. The lowest BCUT2D eigenvalue weighted by Gasteiger charge is -2.23. The van der Waals surface area contributed by atoms with Crippen molar-refractivity contribution in [1.82, 2.24) is 10.2 Å². The van der Waals surface area contributed by atoms with Crippen LogP contribution in [0, 0.1) is 0 Å². The number of hydrogen-bond donors (Lipinski definition) is 2. The molecule has 0 heterocycles. The van der Waals surface area contributed by atoms with E-state index in [0.717, 1.165) is 25.0 Å². The van der Waals surface area contributed by atoms with Crippen LogP contribution in [0.2, 0.25) is 0 Å². The predicted molar refractivity (Wildman–Crippen MR) is 85.0 cm³/mol. The van der Waals surface area contributed by atoms with E-state index in [0.29, 0.717) is 5.69 Å². The Balaban J connectivity index is 1.83. The number of carbonyl (C=O) groups is 2. The number of halogens is 3. The molecule has 0 aliphatic heterocycles. The molecule has 138 valence electrons. The van der Waals surface area contributed by atoms with Gasteiger partial charge in [-0.25, -0.2) is 0 Å². The minimum Gasteiger partial charge on any atom is -0.406 e. The molecule has 1 aromatic rings. The lowest BCUT2D eigenvalue weighted by Crippen LogP contribution is -2.45. The van der Waals surface area contributed by atoms with E-state index in [1.165, 1.54) is 12.1 Å². The number of amides is 2. The first-order chi connectivity index (χ1) is 11.6. The van der Waals surface area contributed by atoms with Crippen molar-refractivity contribution in [1.29, 1.82) is 0 Å². The summed E-state index contributed by atoms with van der Waals surface area (Å²) < 4.78 is 40.1. The van der Waals surface area contributed by atoms with Crippen LogP contribution in [0.3, 0.4) is 0 Å². The van der Waals surface area contributed by atoms with Gasteiger partial charge in [0, 0.05) is 11.7 Å². The van der Waals surface area contributed by atoms with E-state index < -0.39 is 12.4 Å². The smallest absolute Gasteiger partial charge is 0.406 e. The molecule has 2 N–H and O–H groups in total. The van der Waals surface area contributed by atoms with Gasteiger partial charge >= 0.3 is 6.36 Å². The molecule has 1 atom stereocenters. The molecule has 0 spiro atoms. The number of likely N-dealkylation sites (N-methyl/N-ethyl adjacent to an activating group) is 1. The number of ether oxygens (including phenoxy) is 1. The topological polar surface area (TPSA) is 70.7 Å². The van der Waals surface area contributed by atoms with E-state index >= 15 is 0 Å². The Labute approximate surface area is 143 Å². The van der Waals surface area contributed by atoms with E-state index in [1.807, 2.05) is 0 Å². The van der Waals surface area contributed by atoms with Gasteiger partial charge in [-0.3, -0.25) is 14.5 Å². The Morgan fingerprint density at radius 3 is 2.40 bits per heavy atom. The summed E-state index contributed by atoms with van der Waals surface area (Å²) in [6.07, 6.45) is -2.79. The Morgan fingerprint density at radius 2 is 1.88 bits per heavy atom. The summed E-state index contributed by atoms with van der Waals surface area (Å²) in [5, 5.41) is 5.42. The lowest BCUT2D eigenvalue weighted by molar-refractivity contribution is -0.274. The molecular weight excluding hydrogens is 339 g/mol. The monoisotopic (exact) mass is 359 g/mol. The van der Waals surface area contributed by atoms with Crippen molar-refractivity contribution >= 4 is 17.5 Å². The number of anilines is 1. The quantitative estimate of drug-likeness (QED) is 0.782. The summed E-state index contributed by atoms with van der Waals surface area (Å²) in [5.74, 6) is -0.878.